The molecule has 0 radical (unpaired) electrons. The molecule has 162 valence electrons. The van der Waals surface area contributed by atoms with Gasteiger partial charge in [0.15, 0.2) is 9.84 Å². The van der Waals surface area contributed by atoms with Gasteiger partial charge in [0.2, 0.25) is 0 Å². The molecular formula is C22H28N2O5S. The second-order valence-corrected chi connectivity index (χ2v) is 9.05. The summed E-state index contributed by atoms with van der Waals surface area (Å²) in [5.74, 6) is -0.342. The van der Waals surface area contributed by atoms with E-state index in [1.807, 2.05) is 0 Å². The first-order chi connectivity index (χ1) is 14.4. The second kappa shape index (κ2) is 11.3. The number of hydrogen-bond acceptors (Lipinski definition) is 5. The third-order valence-electron chi connectivity index (χ3n) is 4.53. The van der Waals surface area contributed by atoms with Gasteiger partial charge in [-0.05, 0) is 55.0 Å². The number of ether oxygens (including phenoxy) is 1. The van der Waals surface area contributed by atoms with Crippen LogP contribution in [0, 0.1) is 0 Å². The van der Waals surface area contributed by atoms with E-state index in [2.05, 4.69) is 17.8 Å². The molecule has 0 unspecified atom stereocenters. The van der Waals surface area contributed by atoms with Gasteiger partial charge in [0.05, 0.1) is 17.3 Å². The van der Waals surface area contributed by atoms with Crippen LogP contribution in [0.25, 0.3) is 0 Å². The lowest BCUT2D eigenvalue weighted by Crippen LogP contribution is -2.41. The van der Waals surface area contributed by atoms with Crippen molar-refractivity contribution >= 4 is 21.7 Å². The quantitative estimate of drug-likeness (QED) is 0.442. The summed E-state index contributed by atoms with van der Waals surface area (Å²) >= 11 is 0. The average Bonchev–Trinajstić information content (AvgIpc) is 2.77. The Morgan fingerprint density at radius 3 is 1.83 bits per heavy atom. The van der Waals surface area contributed by atoms with Crippen LogP contribution in [0.3, 0.4) is 0 Å². The predicted molar refractivity (Wildman–Crippen MR) is 115 cm³/mol. The molecule has 2 aromatic carbocycles. The number of amides is 2. The van der Waals surface area contributed by atoms with Crippen molar-refractivity contribution < 1.29 is 22.7 Å². The molecular weight excluding hydrogens is 404 g/mol. The largest absolute Gasteiger partial charge is 0.494 e. The molecule has 2 N–H and O–H groups in total. The first-order valence-electron chi connectivity index (χ1n) is 10.0. The molecule has 0 aliphatic carbocycles. The standard InChI is InChI=1S/C22H28N2O5S/c1-3-5-6-7-16-29-19-12-8-17(9-13-19)21(25)23-24-22(26)18-10-14-20(15-11-18)30(27,28)4-2/h8-15H,3-7,16H2,1-2H3,(H,23,25)(H,24,26). The molecule has 2 aromatic rings. The number of hydrogen-bond donors (Lipinski definition) is 2. The molecule has 2 rings (SSSR count). The zero-order valence-electron chi connectivity index (χ0n) is 17.3. The minimum Gasteiger partial charge on any atom is -0.494 e. The number of sulfone groups is 1. The van der Waals surface area contributed by atoms with E-state index in [0.717, 1.165) is 12.8 Å². The normalized spacial score (nSPS) is 11.0. The summed E-state index contributed by atoms with van der Waals surface area (Å²) in [5, 5.41) is 0. The predicted octanol–water partition coefficient (Wildman–Crippen LogP) is 3.51. The van der Waals surface area contributed by atoms with E-state index in [9.17, 15) is 18.0 Å². The third kappa shape index (κ3) is 6.88. The van der Waals surface area contributed by atoms with E-state index in [-0.39, 0.29) is 16.2 Å². The zero-order chi connectivity index (χ0) is 22.0. The maximum absolute atomic E-state index is 12.2. The summed E-state index contributed by atoms with van der Waals surface area (Å²) < 4.78 is 29.3. The molecule has 0 saturated heterocycles. The first-order valence-corrected chi connectivity index (χ1v) is 11.7. The number of rotatable bonds is 10. The van der Waals surface area contributed by atoms with E-state index in [1.54, 1.807) is 31.2 Å². The average molecular weight is 433 g/mol. The van der Waals surface area contributed by atoms with Crippen molar-refractivity contribution in [2.24, 2.45) is 0 Å². The fourth-order valence-electron chi connectivity index (χ4n) is 2.66. The number of unbranched alkanes of at least 4 members (excludes halogenated alkanes) is 3. The Hall–Kier alpha value is -2.87. The summed E-state index contributed by atoms with van der Waals surface area (Å²) in [6.07, 6.45) is 4.49. The summed E-state index contributed by atoms with van der Waals surface area (Å²) in [6, 6.07) is 12.2. The van der Waals surface area contributed by atoms with Crippen molar-refractivity contribution in [3.05, 3.63) is 59.7 Å². The van der Waals surface area contributed by atoms with Crippen LogP contribution >= 0.6 is 0 Å². The molecule has 2 amide bonds. The van der Waals surface area contributed by atoms with Gasteiger partial charge in [-0.3, -0.25) is 20.4 Å². The topological polar surface area (TPSA) is 102 Å². The Bertz CT molecular complexity index is 938. The molecule has 0 heterocycles. The van der Waals surface area contributed by atoms with E-state index >= 15 is 0 Å². The van der Waals surface area contributed by atoms with Crippen LogP contribution in [0.4, 0.5) is 0 Å². The number of benzene rings is 2. The van der Waals surface area contributed by atoms with Gasteiger partial charge in [-0.15, -0.1) is 0 Å². The summed E-state index contributed by atoms with van der Waals surface area (Å²) in [5.41, 5.74) is 5.27. The van der Waals surface area contributed by atoms with Crippen LogP contribution in [0.2, 0.25) is 0 Å². The van der Waals surface area contributed by atoms with Crippen molar-refractivity contribution in [3.8, 4) is 5.75 Å². The number of carbonyl (C=O) groups excluding carboxylic acids is 2. The molecule has 0 aromatic heterocycles. The Balaban J connectivity index is 1.84. The van der Waals surface area contributed by atoms with Gasteiger partial charge in [0, 0.05) is 11.1 Å². The van der Waals surface area contributed by atoms with Crippen molar-refractivity contribution in [2.75, 3.05) is 12.4 Å². The highest BCUT2D eigenvalue weighted by Gasteiger charge is 2.13. The lowest BCUT2D eigenvalue weighted by Gasteiger charge is -2.09. The van der Waals surface area contributed by atoms with E-state index in [4.69, 9.17) is 4.74 Å². The van der Waals surface area contributed by atoms with Crippen LogP contribution in [-0.4, -0.2) is 32.6 Å². The highest BCUT2D eigenvalue weighted by molar-refractivity contribution is 7.91. The minimum atomic E-state index is -3.33. The molecule has 0 aliphatic heterocycles. The first kappa shape index (κ1) is 23.4. The van der Waals surface area contributed by atoms with Gasteiger partial charge < -0.3 is 4.74 Å². The van der Waals surface area contributed by atoms with Gasteiger partial charge >= 0.3 is 0 Å². The Morgan fingerprint density at radius 2 is 1.33 bits per heavy atom. The van der Waals surface area contributed by atoms with E-state index in [0.29, 0.717) is 17.9 Å². The van der Waals surface area contributed by atoms with Crippen molar-refractivity contribution in [2.45, 2.75) is 44.4 Å². The molecule has 0 saturated carbocycles. The smallest absolute Gasteiger partial charge is 0.269 e. The molecule has 0 aliphatic rings. The van der Waals surface area contributed by atoms with Crippen molar-refractivity contribution in [3.63, 3.8) is 0 Å². The van der Waals surface area contributed by atoms with Gasteiger partial charge in [-0.2, -0.15) is 0 Å². The molecule has 8 heteroatoms. The highest BCUT2D eigenvalue weighted by atomic mass is 32.2. The molecule has 0 bridgehead atoms. The Labute approximate surface area is 177 Å². The van der Waals surface area contributed by atoms with Gasteiger partial charge in [-0.1, -0.05) is 33.1 Å². The molecule has 30 heavy (non-hydrogen) atoms. The monoisotopic (exact) mass is 432 g/mol. The fraction of sp³-hybridized carbons (Fsp3) is 0.364. The SMILES string of the molecule is CCCCCCOc1ccc(C(=O)NNC(=O)c2ccc(S(=O)(=O)CC)cc2)cc1. The number of carbonyl (C=O) groups is 2. The van der Waals surface area contributed by atoms with Crippen molar-refractivity contribution in [1.82, 2.24) is 10.9 Å². The summed E-state index contributed by atoms with van der Waals surface area (Å²) in [6.45, 7) is 4.35. The van der Waals surface area contributed by atoms with Gasteiger partial charge in [-0.25, -0.2) is 8.42 Å². The van der Waals surface area contributed by atoms with Crippen LogP contribution in [-0.2, 0) is 9.84 Å². The fourth-order valence-corrected chi connectivity index (χ4v) is 3.54. The van der Waals surface area contributed by atoms with Gasteiger partial charge in [0.1, 0.15) is 5.75 Å². The van der Waals surface area contributed by atoms with Crippen LogP contribution in [0.5, 0.6) is 5.75 Å². The van der Waals surface area contributed by atoms with E-state index < -0.39 is 21.7 Å². The molecule has 0 spiro atoms. The summed E-state index contributed by atoms with van der Waals surface area (Å²) in [4.78, 5) is 24.5. The maximum atomic E-state index is 12.2. The van der Waals surface area contributed by atoms with Crippen LogP contribution in [0.15, 0.2) is 53.4 Å². The maximum Gasteiger partial charge on any atom is 0.269 e. The molecule has 0 fully saturated rings. The van der Waals surface area contributed by atoms with Crippen molar-refractivity contribution in [1.29, 1.82) is 0 Å². The Kier molecular flexibility index (Phi) is 8.86. The lowest BCUT2D eigenvalue weighted by atomic mass is 10.2. The van der Waals surface area contributed by atoms with Crippen LogP contribution < -0.4 is 15.6 Å². The van der Waals surface area contributed by atoms with Gasteiger partial charge in [0.25, 0.3) is 11.8 Å². The third-order valence-corrected chi connectivity index (χ3v) is 6.28. The summed E-state index contributed by atoms with van der Waals surface area (Å²) in [7, 11) is -3.33. The van der Waals surface area contributed by atoms with E-state index in [1.165, 1.54) is 37.1 Å². The minimum absolute atomic E-state index is 0.0166. The number of nitrogens with one attached hydrogen (secondary N) is 2. The second-order valence-electron chi connectivity index (χ2n) is 6.77. The lowest BCUT2D eigenvalue weighted by molar-refractivity contribution is 0.0846. The molecule has 7 nitrogen and oxygen atoms in total. The highest BCUT2D eigenvalue weighted by Crippen LogP contribution is 2.14. The zero-order valence-corrected chi connectivity index (χ0v) is 18.1. The molecule has 0 atom stereocenters. The Morgan fingerprint density at radius 1 is 0.800 bits per heavy atom. The number of hydrazine groups is 1. The van der Waals surface area contributed by atoms with Crippen LogP contribution in [0.1, 0.15) is 60.2 Å².